The van der Waals surface area contributed by atoms with E-state index in [1.807, 2.05) is 25.2 Å². The molecule has 26 heavy (non-hydrogen) atoms. The second-order valence-corrected chi connectivity index (χ2v) is 7.28. The highest BCUT2D eigenvalue weighted by Crippen LogP contribution is 2.40. The zero-order valence-electron chi connectivity index (χ0n) is 14.0. The van der Waals surface area contributed by atoms with Crippen molar-refractivity contribution in [3.05, 3.63) is 47.7 Å². The van der Waals surface area contributed by atoms with E-state index in [-0.39, 0.29) is 11.5 Å². The molecule has 2 heterocycles. The van der Waals surface area contributed by atoms with Crippen molar-refractivity contribution in [2.24, 2.45) is 7.05 Å². The van der Waals surface area contributed by atoms with Gasteiger partial charge in [-0.3, -0.25) is 4.79 Å². The summed E-state index contributed by atoms with van der Waals surface area (Å²) in [4.78, 5) is 17.0. The molecule has 1 saturated carbocycles. The topological polar surface area (TPSA) is 60.1 Å². The Bertz CT molecular complexity index is 963. The molecular formula is C18H17F2N3O2S. The number of imidazole rings is 1. The molecule has 4 rings (SSSR count). The van der Waals surface area contributed by atoms with E-state index in [4.69, 9.17) is 4.42 Å². The number of hydrogen-bond acceptors (Lipinski definition) is 4. The van der Waals surface area contributed by atoms with Gasteiger partial charge in [-0.05, 0) is 43.2 Å². The van der Waals surface area contributed by atoms with Crippen LogP contribution in [0.15, 0.2) is 34.7 Å². The van der Waals surface area contributed by atoms with Gasteiger partial charge in [0, 0.05) is 18.7 Å². The lowest BCUT2D eigenvalue weighted by Crippen LogP contribution is -2.10. The monoisotopic (exact) mass is 377 g/mol. The van der Waals surface area contributed by atoms with Gasteiger partial charge in [0.1, 0.15) is 11.6 Å². The zero-order valence-corrected chi connectivity index (χ0v) is 14.9. The van der Waals surface area contributed by atoms with Gasteiger partial charge in [0.25, 0.3) is 11.7 Å². The van der Waals surface area contributed by atoms with Crippen LogP contribution in [0.25, 0.3) is 11.0 Å². The molecule has 1 N–H and O–H groups in total. The van der Waals surface area contributed by atoms with Crippen LogP contribution in [0.1, 0.15) is 40.9 Å². The number of halogens is 2. The standard InChI is InChI=1S/C18H17F2N3O2S/c1-23-14-6-4-11(8-13(14)22-16(23)10-2-3-10)21-17(24)15-7-5-12(25-15)9-26-18(19)20/h4-8,10,18H,2-3,9H2,1H3,(H,21,24). The summed E-state index contributed by atoms with van der Waals surface area (Å²) in [7, 11) is 2.00. The quantitative estimate of drug-likeness (QED) is 0.673. The average Bonchev–Trinajstić information content (AvgIpc) is 3.24. The number of benzene rings is 1. The fourth-order valence-electron chi connectivity index (χ4n) is 2.92. The summed E-state index contributed by atoms with van der Waals surface area (Å²) in [5, 5.41) is 2.77. The van der Waals surface area contributed by atoms with Gasteiger partial charge in [-0.2, -0.15) is 8.78 Å². The van der Waals surface area contributed by atoms with Crippen LogP contribution in [0.3, 0.4) is 0 Å². The first-order valence-corrected chi connectivity index (χ1v) is 9.32. The number of carbonyl (C=O) groups excluding carboxylic acids is 1. The molecule has 0 radical (unpaired) electrons. The molecule has 1 amide bonds. The first-order chi connectivity index (χ1) is 12.5. The minimum Gasteiger partial charge on any atom is -0.455 e. The number of nitrogens with one attached hydrogen (secondary N) is 1. The van der Waals surface area contributed by atoms with E-state index in [2.05, 4.69) is 14.9 Å². The molecular weight excluding hydrogens is 360 g/mol. The highest BCUT2D eigenvalue weighted by Gasteiger charge is 2.28. The van der Waals surface area contributed by atoms with Gasteiger partial charge in [-0.1, -0.05) is 11.8 Å². The van der Waals surface area contributed by atoms with E-state index in [1.165, 1.54) is 25.0 Å². The molecule has 2 aromatic heterocycles. The molecule has 136 valence electrons. The van der Waals surface area contributed by atoms with Gasteiger partial charge in [0.05, 0.1) is 16.8 Å². The number of anilines is 1. The number of carbonyl (C=O) groups is 1. The molecule has 0 spiro atoms. The number of furan rings is 1. The normalized spacial score (nSPS) is 14.3. The number of nitrogens with zero attached hydrogens (tertiary/aromatic N) is 2. The van der Waals surface area contributed by atoms with E-state index in [9.17, 15) is 13.6 Å². The van der Waals surface area contributed by atoms with Crippen molar-refractivity contribution in [2.75, 3.05) is 5.32 Å². The van der Waals surface area contributed by atoms with Crippen molar-refractivity contribution in [2.45, 2.75) is 30.3 Å². The molecule has 0 aliphatic heterocycles. The first-order valence-electron chi connectivity index (χ1n) is 8.27. The lowest BCUT2D eigenvalue weighted by Gasteiger charge is -2.04. The van der Waals surface area contributed by atoms with Crippen molar-refractivity contribution in [1.29, 1.82) is 0 Å². The second-order valence-electron chi connectivity index (χ2n) is 6.30. The lowest BCUT2D eigenvalue weighted by atomic mass is 10.2. The summed E-state index contributed by atoms with van der Waals surface area (Å²) in [5.41, 5.74) is 2.47. The maximum absolute atomic E-state index is 12.3. The van der Waals surface area contributed by atoms with Gasteiger partial charge >= 0.3 is 0 Å². The molecule has 0 unspecified atom stereocenters. The van der Waals surface area contributed by atoms with Gasteiger partial charge in [0.2, 0.25) is 0 Å². The molecule has 3 aromatic rings. The van der Waals surface area contributed by atoms with E-state index in [1.54, 1.807) is 0 Å². The fraction of sp³-hybridized carbons (Fsp3) is 0.333. The van der Waals surface area contributed by atoms with Crippen molar-refractivity contribution >= 4 is 34.4 Å². The second kappa shape index (κ2) is 6.75. The Hall–Kier alpha value is -2.35. The smallest absolute Gasteiger partial charge is 0.291 e. The molecule has 0 bridgehead atoms. The van der Waals surface area contributed by atoms with Gasteiger partial charge in [0.15, 0.2) is 5.76 Å². The maximum atomic E-state index is 12.3. The first kappa shape index (κ1) is 17.1. The summed E-state index contributed by atoms with van der Waals surface area (Å²) < 4.78 is 31.9. The molecule has 1 aromatic carbocycles. The minimum absolute atomic E-state index is 0.0226. The van der Waals surface area contributed by atoms with Crippen molar-refractivity contribution in [1.82, 2.24) is 9.55 Å². The van der Waals surface area contributed by atoms with Crippen molar-refractivity contribution in [3.63, 3.8) is 0 Å². The van der Waals surface area contributed by atoms with Crippen LogP contribution in [-0.2, 0) is 12.8 Å². The Kier molecular flexibility index (Phi) is 4.44. The van der Waals surface area contributed by atoms with Crippen LogP contribution >= 0.6 is 11.8 Å². The predicted molar refractivity (Wildman–Crippen MR) is 96.6 cm³/mol. The number of fused-ring (bicyclic) bond motifs is 1. The van der Waals surface area contributed by atoms with Crippen molar-refractivity contribution in [3.8, 4) is 0 Å². The van der Waals surface area contributed by atoms with Gasteiger partial charge < -0.3 is 14.3 Å². The zero-order chi connectivity index (χ0) is 18.3. The summed E-state index contributed by atoms with van der Waals surface area (Å²) in [6.07, 6.45) is 2.34. The molecule has 1 aliphatic rings. The molecule has 0 atom stereocenters. The molecule has 1 aliphatic carbocycles. The Morgan fingerprint density at radius 1 is 1.38 bits per heavy atom. The number of aromatic nitrogens is 2. The Balaban J connectivity index is 1.48. The molecule has 0 saturated heterocycles. The number of hydrogen-bond donors (Lipinski definition) is 1. The summed E-state index contributed by atoms with van der Waals surface area (Å²) in [5.74, 6) is -0.813. The third-order valence-electron chi connectivity index (χ3n) is 4.35. The number of rotatable bonds is 6. The molecule has 5 nitrogen and oxygen atoms in total. The maximum Gasteiger partial charge on any atom is 0.291 e. The van der Waals surface area contributed by atoms with Crippen LogP contribution in [0.4, 0.5) is 14.5 Å². The number of alkyl halides is 2. The lowest BCUT2D eigenvalue weighted by molar-refractivity contribution is 0.0995. The molecule has 8 heteroatoms. The Morgan fingerprint density at radius 3 is 2.92 bits per heavy atom. The third kappa shape index (κ3) is 3.46. The predicted octanol–water partition coefficient (Wildman–Crippen LogP) is 4.75. The van der Waals surface area contributed by atoms with E-state index in [0.717, 1.165) is 16.9 Å². The Morgan fingerprint density at radius 2 is 2.19 bits per heavy atom. The van der Waals surface area contributed by atoms with Crippen LogP contribution in [0, 0.1) is 0 Å². The van der Waals surface area contributed by atoms with Crippen LogP contribution in [0.2, 0.25) is 0 Å². The highest BCUT2D eigenvalue weighted by atomic mass is 32.2. The van der Waals surface area contributed by atoms with Crippen LogP contribution < -0.4 is 5.32 Å². The van der Waals surface area contributed by atoms with Crippen LogP contribution in [0.5, 0.6) is 0 Å². The minimum atomic E-state index is -2.47. The van der Waals surface area contributed by atoms with Gasteiger partial charge in [-0.15, -0.1) is 0 Å². The summed E-state index contributed by atoms with van der Waals surface area (Å²) in [6.45, 7) is 0. The third-order valence-corrected chi connectivity index (χ3v) is 5.06. The largest absolute Gasteiger partial charge is 0.455 e. The molecule has 1 fully saturated rings. The van der Waals surface area contributed by atoms with E-state index < -0.39 is 11.7 Å². The summed E-state index contributed by atoms with van der Waals surface area (Å²) >= 11 is 0.456. The average molecular weight is 377 g/mol. The van der Waals surface area contributed by atoms with Crippen molar-refractivity contribution < 1.29 is 18.0 Å². The Labute approximate surface area is 152 Å². The number of amides is 1. The SMILES string of the molecule is Cn1c(C2CC2)nc2cc(NC(=O)c3ccc(CSC(F)F)o3)ccc21. The summed E-state index contributed by atoms with van der Waals surface area (Å²) in [6, 6.07) is 8.59. The van der Waals surface area contributed by atoms with E-state index in [0.29, 0.717) is 29.1 Å². The highest BCUT2D eigenvalue weighted by molar-refractivity contribution is 7.98. The number of aryl methyl sites for hydroxylation is 1. The van der Waals surface area contributed by atoms with Crippen LogP contribution in [-0.4, -0.2) is 21.2 Å². The number of thioether (sulfide) groups is 1. The van der Waals surface area contributed by atoms with Gasteiger partial charge in [-0.25, -0.2) is 4.98 Å². The fourth-order valence-corrected chi connectivity index (χ4v) is 3.36. The van der Waals surface area contributed by atoms with E-state index >= 15 is 0 Å².